The summed E-state index contributed by atoms with van der Waals surface area (Å²) in [5, 5.41) is 7.19. The molecule has 1 N–H and O–H groups in total. The zero-order valence-electron chi connectivity index (χ0n) is 16.7. The molecule has 1 aliphatic rings. The van der Waals surface area contributed by atoms with Gasteiger partial charge in [-0.15, -0.1) is 29.3 Å². The zero-order chi connectivity index (χ0) is 22.2. The molecule has 0 unspecified atom stereocenters. The second kappa shape index (κ2) is 8.89. The van der Waals surface area contributed by atoms with Gasteiger partial charge in [0.15, 0.2) is 15.0 Å². The van der Waals surface area contributed by atoms with E-state index >= 15 is 0 Å². The maximum absolute atomic E-state index is 13.3. The van der Waals surface area contributed by atoms with E-state index in [4.69, 9.17) is 0 Å². The van der Waals surface area contributed by atoms with E-state index < -0.39 is 15.1 Å². The zero-order valence-corrected chi connectivity index (χ0v) is 20.0. The topological polar surface area (TPSA) is 98.1 Å². The molecule has 7 nitrogen and oxygen atoms in total. The van der Waals surface area contributed by atoms with Crippen molar-refractivity contribution in [2.24, 2.45) is 0 Å². The third-order valence-corrected chi connectivity index (χ3v) is 9.62. The van der Waals surface area contributed by atoms with E-state index in [9.17, 15) is 18.0 Å². The van der Waals surface area contributed by atoms with Crippen LogP contribution in [0.4, 0.5) is 0 Å². The van der Waals surface area contributed by atoms with Crippen molar-refractivity contribution in [2.45, 2.75) is 36.3 Å². The fourth-order valence-corrected chi connectivity index (χ4v) is 7.84. The van der Waals surface area contributed by atoms with E-state index in [0.717, 1.165) is 10.4 Å². The fourth-order valence-electron chi connectivity index (χ4n) is 3.44. The highest BCUT2D eigenvalue weighted by atomic mass is 32.2. The minimum atomic E-state index is -3.07. The molecule has 0 bridgehead atoms. The lowest BCUT2D eigenvalue weighted by Crippen LogP contribution is -2.40. The summed E-state index contributed by atoms with van der Waals surface area (Å²) in [6.07, 6.45) is 2.06. The van der Waals surface area contributed by atoms with Crippen LogP contribution in [0, 0.1) is 0 Å². The van der Waals surface area contributed by atoms with Gasteiger partial charge in [-0.3, -0.25) is 14.2 Å². The van der Waals surface area contributed by atoms with Gasteiger partial charge in [-0.25, -0.2) is 13.4 Å². The first-order valence-corrected chi connectivity index (χ1v) is 14.1. The van der Waals surface area contributed by atoms with Gasteiger partial charge in [-0.1, -0.05) is 23.9 Å². The number of allylic oxidation sites excluding steroid dienone is 1. The third kappa shape index (κ3) is 4.64. The summed E-state index contributed by atoms with van der Waals surface area (Å²) >= 11 is 4.16. The van der Waals surface area contributed by atoms with Crippen LogP contribution >= 0.6 is 34.4 Å². The predicted octanol–water partition coefficient (Wildman–Crippen LogP) is 3.16. The molecule has 31 heavy (non-hydrogen) atoms. The minimum Gasteiger partial charge on any atom is -0.351 e. The molecular weight excluding hydrogens is 475 g/mol. The Morgan fingerprint density at radius 1 is 1.48 bits per heavy atom. The standard InChI is InChI=1S/C20H21N3O4S4/c1-3-7-23-19(25)16-14(15-5-4-8-28-15)10-29-18(16)22-20(23)30-12(2)17(24)21-13-6-9-31(26,27)11-13/h3-5,8,10,12-13H,1,6-7,9,11H2,2H3,(H,21,24)/t12-,13+/m1/s1. The first kappa shape index (κ1) is 22.3. The number of carbonyl (C=O) groups excluding carboxylic acids is 1. The molecule has 2 atom stereocenters. The normalized spacial score (nSPS) is 18.8. The van der Waals surface area contributed by atoms with Gasteiger partial charge in [0.25, 0.3) is 5.56 Å². The molecule has 0 spiro atoms. The van der Waals surface area contributed by atoms with Gasteiger partial charge < -0.3 is 5.32 Å². The maximum atomic E-state index is 13.3. The van der Waals surface area contributed by atoms with E-state index in [1.807, 2.05) is 22.9 Å². The first-order chi connectivity index (χ1) is 14.8. The summed E-state index contributed by atoms with van der Waals surface area (Å²) in [6.45, 7) is 5.75. The van der Waals surface area contributed by atoms with Crippen LogP contribution in [-0.4, -0.2) is 46.7 Å². The van der Waals surface area contributed by atoms with Crippen molar-refractivity contribution in [1.29, 1.82) is 0 Å². The van der Waals surface area contributed by atoms with Gasteiger partial charge in [0, 0.05) is 28.4 Å². The largest absolute Gasteiger partial charge is 0.351 e. The summed E-state index contributed by atoms with van der Waals surface area (Å²) in [6, 6.07) is 3.55. The highest BCUT2D eigenvalue weighted by molar-refractivity contribution is 8.00. The lowest BCUT2D eigenvalue weighted by Gasteiger charge is -2.17. The maximum Gasteiger partial charge on any atom is 0.263 e. The number of sulfone groups is 1. The van der Waals surface area contributed by atoms with Gasteiger partial charge in [-0.05, 0) is 24.8 Å². The molecular formula is C20H21N3O4S4. The lowest BCUT2D eigenvalue weighted by atomic mass is 10.2. The Hall–Kier alpha value is -1.95. The van der Waals surface area contributed by atoms with Crippen molar-refractivity contribution < 1.29 is 13.2 Å². The van der Waals surface area contributed by atoms with E-state index in [-0.39, 0.29) is 35.6 Å². The molecule has 3 aromatic heterocycles. The molecule has 164 valence electrons. The summed E-state index contributed by atoms with van der Waals surface area (Å²) in [4.78, 5) is 32.3. The van der Waals surface area contributed by atoms with E-state index in [1.54, 1.807) is 24.3 Å². The van der Waals surface area contributed by atoms with E-state index in [0.29, 0.717) is 21.8 Å². The molecule has 1 aliphatic heterocycles. The number of thiophene rings is 2. The second-order valence-corrected chi connectivity index (χ2v) is 12.6. The molecule has 4 heterocycles. The molecule has 4 rings (SSSR count). The summed E-state index contributed by atoms with van der Waals surface area (Å²) in [7, 11) is -3.07. The quantitative estimate of drug-likeness (QED) is 0.307. The molecule has 0 saturated carbocycles. The Morgan fingerprint density at radius 2 is 2.29 bits per heavy atom. The van der Waals surface area contributed by atoms with Crippen LogP contribution in [-0.2, 0) is 21.2 Å². The van der Waals surface area contributed by atoms with Crippen LogP contribution < -0.4 is 10.9 Å². The van der Waals surface area contributed by atoms with Gasteiger partial charge in [0.05, 0.1) is 22.1 Å². The van der Waals surface area contributed by atoms with Crippen molar-refractivity contribution in [2.75, 3.05) is 11.5 Å². The Balaban J connectivity index is 1.62. The molecule has 0 aliphatic carbocycles. The third-order valence-electron chi connectivity index (χ3n) is 4.99. The Bertz CT molecular complexity index is 1290. The average molecular weight is 496 g/mol. The van der Waals surface area contributed by atoms with Crippen LogP contribution in [0.25, 0.3) is 20.7 Å². The van der Waals surface area contributed by atoms with Gasteiger partial charge >= 0.3 is 0 Å². The number of nitrogens with one attached hydrogen (secondary N) is 1. The Labute approximate surface area is 192 Å². The number of rotatable bonds is 7. The SMILES string of the molecule is C=CCn1c(S[C@H](C)C(=O)N[C@H]2CCS(=O)(=O)C2)nc2scc(-c3cccs3)c2c1=O. The molecule has 1 saturated heterocycles. The van der Waals surface area contributed by atoms with Gasteiger partial charge in [0.1, 0.15) is 4.83 Å². The van der Waals surface area contributed by atoms with Crippen molar-refractivity contribution in [3.63, 3.8) is 0 Å². The minimum absolute atomic E-state index is 0.0256. The van der Waals surface area contributed by atoms with Crippen LogP contribution in [0.1, 0.15) is 13.3 Å². The first-order valence-electron chi connectivity index (χ1n) is 9.63. The number of hydrogen-bond acceptors (Lipinski definition) is 8. The number of fused-ring (bicyclic) bond motifs is 1. The molecule has 0 aromatic carbocycles. The molecule has 3 aromatic rings. The number of hydrogen-bond donors (Lipinski definition) is 1. The molecule has 0 radical (unpaired) electrons. The van der Waals surface area contributed by atoms with Crippen molar-refractivity contribution in [1.82, 2.24) is 14.9 Å². The second-order valence-electron chi connectivity index (χ2n) is 7.27. The van der Waals surface area contributed by atoms with Crippen molar-refractivity contribution in [3.8, 4) is 10.4 Å². The highest BCUT2D eigenvalue weighted by Gasteiger charge is 2.30. The number of carbonyl (C=O) groups is 1. The van der Waals surface area contributed by atoms with Crippen LogP contribution in [0.3, 0.4) is 0 Å². The number of amides is 1. The van der Waals surface area contributed by atoms with E-state index in [1.165, 1.54) is 27.7 Å². The molecule has 1 fully saturated rings. The summed E-state index contributed by atoms with van der Waals surface area (Å²) in [5.41, 5.74) is 0.710. The summed E-state index contributed by atoms with van der Waals surface area (Å²) in [5.74, 6) is -0.193. The lowest BCUT2D eigenvalue weighted by molar-refractivity contribution is -0.120. The Kier molecular flexibility index (Phi) is 6.38. The predicted molar refractivity (Wildman–Crippen MR) is 128 cm³/mol. The highest BCUT2D eigenvalue weighted by Crippen LogP contribution is 2.35. The number of thioether (sulfide) groups is 1. The molecule has 11 heteroatoms. The van der Waals surface area contributed by atoms with Gasteiger partial charge in [0.2, 0.25) is 5.91 Å². The average Bonchev–Trinajstić information content (AvgIpc) is 3.44. The van der Waals surface area contributed by atoms with Crippen molar-refractivity contribution >= 4 is 60.4 Å². The monoisotopic (exact) mass is 495 g/mol. The summed E-state index contributed by atoms with van der Waals surface area (Å²) < 4.78 is 24.8. The van der Waals surface area contributed by atoms with Crippen LogP contribution in [0.5, 0.6) is 0 Å². The Morgan fingerprint density at radius 3 is 2.94 bits per heavy atom. The van der Waals surface area contributed by atoms with E-state index in [2.05, 4.69) is 16.9 Å². The smallest absolute Gasteiger partial charge is 0.263 e. The number of nitrogens with zero attached hydrogens (tertiary/aromatic N) is 2. The fraction of sp³-hybridized carbons (Fsp3) is 0.350. The molecule has 1 amide bonds. The number of aromatic nitrogens is 2. The van der Waals surface area contributed by atoms with Gasteiger partial charge in [-0.2, -0.15) is 0 Å². The van der Waals surface area contributed by atoms with Crippen LogP contribution in [0.2, 0.25) is 0 Å². The van der Waals surface area contributed by atoms with Crippen LogP contribution in [0.15, 0.2) is 45.5 Å². The van der Waals surface area contributed by atoms with Crippen molar-refractivity contribution in [3.05, 3.63) is 45.9 Å².